The topological polar surface area (TPSA) is 190 Å². The van der Waals surface area contributed by atoms with Gasteiger partial charge in [-0.25, -0.2) is 29.9 Å². The number of H-pyrrole nitrogens is 2. The summed E-state index contributed by atoms with van der Waals surface area (Å²) in [5.74, 6) is -1.83. The molecule has 5 heterocycles. The number of phenolic OH excluding ortho intramolecular Hbond substituents is 4. The summed E-state index contributed by atoms with van der Waals surface area (Å²) in [6.45, 7) is 0. The Bertz CT molecular complexity index is 2410. The molecule has 221 valence electrons. The molecule has 6 N–H and O–H groups in total. The summed E-state index contributed by atoms with van der Waals surface area (Å²) in [6, 6.07) is 22.7. The van der Waals surface area contributed by atoms with E-state index in [1.54, 1.807) is 0 Å². The molecule has 0 unspecified atom stereocenters. The molecule has 8 bridgehead atoms. The van der Waals surface area contributed by atoms with Crippen LogP contribution >= 0.6 is 0 Å². The van der Waals surface area contributed by atoms with Gasteiger partial charge in [0, 0.05) is 55.4 Å². The second-order valence-electron chi connectivity index (χ2n) is 10.4. The molecule has 0 aliphatic carbocycles. The van der Waals surface area contributed by atoms with Crippen molar-refractivity contribution in [2.24, 2.45) is 0 Å². The Hall–Kier alpha value is -5.82. The summed E-state index contributed by atoms with van der Waals surface area (Å²) in [6.07, 6.45) is 0. The van der Waals surface area contributed by atoms with Crippen molar-refractivity contribution in [2.75, 3.05) is 0 Å². The van der Waals surface area contributed by atoms with Crippen molar-refractivity contribution >= 4 is 44.1 Å². The number of nitrogens with zero attached hydrogens (tertiary/aromatic N) is 6. The van der Waals surface area contributed by atoms with Crippen LogP contribution in [0.15, 0.2) is 72.8 Å². The zero-order chi connectivity index (χ0) is 29.7. The molecule has 4 aromatic carbocycles. The van der Waals surface area contributed by atoms with Gasteiger partial charge in [0.05, 0.1) is 10.8 Å². The van der Waals surface area contributed by atoms with Crippen molar-refractivity contribution in [3.8, 4) is 68.5 Å². The molecule has 9 rings (SSSR count). The Morgan fingerprint density at radius 1 is 0.378 bits per heavy atom. The van der Waals surface area contributed by atoms with E-state index in [9.17, 15) is 20.4 Å². The van der Waals surface area contributed by atoms with Gasteiger partial charge in [0.1, 0.15) is 22.6 Å². The van der Waals surface area contributed by atoms with E-state index in [4.69, 9.17) is 29.9 Å². The zero-order valence-corrected chi connectivity index (χ0v) is 24.9. The van der Waals surface area contributed by atoms with Crippen molar-refractivity contribution in [2.45, 2.75) is 0 Å². The summed E-state index contributed by atoms with van der Waals surface area (Å²) in [4.78, 5) is 35.1. The molecule has 0 saturated heterocycles. The smallest absolute Gasteiger partial charge is 0.205 e. The van der Waals surface area contributed by atoms with Crippen LogP contribution in [0.1, 0.15) is 0 Å². The first-order chi connectivity index (χ1) is 21.5. The average molecular weight is 776 g/mol. The van der Waals surface area contributed by atoms with E-state index < -0.39 is 23.0 Å². The summed E-state index contributed by atoms with van der Waals surface area (Å²) >= 11 is 0. The second kappa shape index (κ2) is 9.59. The van der Waals surface area contributed by atoms with E-state index >= 15 is 0 Å². The van der Waals surface area contributed by atoms with Crippen LogP contribution in [0, 0.1) is 0 Å². The van der Waals surface area contributed by atoms with E-state index in [2.05, 4.69) is 9.97 Å². The fourth-order valence-corrected chi connectivity index (χ4v) is 5.84. The predicted octanol–water partition coefficient (Wildman–Crippen LogP) is 5.69. The molecule has 0 spiro atoms. The normalized spacial score (nSPS) is 11.7. The van der Waals surface area contributed by atoms with Gasteiger partial charge in [-0.3, -0.25) is 0 Å². The van der Waals surface area contributed by atoms with Gasteiger partial charge in [-0.05, 0) is 0 Å². The molecule has 0 atom stereocenters. The van der Waals surface area contributed by atoms with Crippen molar-refractivity contribution < 1.29 is 42.8 Å². The van der Waals surface area contributed by atoms with Crippen LogP contribution < -0.4 is 0 Å². The standard InChI is InChI=1S/C32H18N8O4.Au/c41-21-19-20(22(42)24(44)23(21)43)32-39-30-18-12-6-4-10-16(18)28(37-30)35-26-14-8-2-1-7-13(14)25(33-26)34-27-15-9-3-5-11-17(15)29(36-27)38-31(19)40-32;/h1-12,41-44H,(H2,33,34,35,36,37,38,39,40);. The van der Waals surface area contributed by atoms with Crippen molar-refractivity contribution in [3.05, 3.63) is 72.8 Å². The van der Waals surface area contributed by atoms with Crippen LogP contribution in [0.2, 0.25) is 0 Å². The predicted molar refractivity (Wildman–Crippen MR) is 163 cm³/mol. The molecule has 0 fully saturated rings. The molecule has 1 radical (unpaired) electrons. The molecule has 13 heteroatoms. The van der Waals surface area contributed by atoms with Crippen molar-refractivity contribution in [1.82, 2.24) is 39.9 Å². The van der Waals surface area contributed by atoms with Crippen LogP contribution in [0.4, 0.5) is 0 Å². The molecule has 12 nitrogen and oxygen atoms in total. The third-order valence-electron chi connectivity index (χ3n) is 7.89. The fraction of sp³-hybridized carbons (Fsp3) is 0. The van der Waals surface area contributed by atoms with E-state index in [-0.39, 0.29) is 56.1 Å². The van der Waals surface area contributed by atoms with Crippen LogP contribution in [-0.2, 0) is 22.4 Å². The van der Waals surface area contributed by atoms with E-state index in [1.807, 2.05) is 72.8 Å². The Labute approximate surface area is 267 Å². The minimum Gasteiger partial charge on any atom is -0.504 e. The van der Waals surface area contributed by atoms with Crippen molar-refractivity contribution in [1.29, 1.82) is 0 Å². The minimum atomic E-state index is -0.897. The monoisotopic (exact) mass is 775 g/mol. The summed E-state index contributed by atoms with van der Waals surface area (Å²) < 4.78 is 0. The average Bonchev–Trinajstić information content (AvgIpc) is 3.78. The molecule has 3 aromatic heterocycles. The number of nitrogens with one attached hydrogen (secondary N) is 2. The molecule has 2 aliphatic rings. The third kappa shape index (κ3) is 3.77. The first-order valence-corrected chi connectivity index (χ1v) is 13.6. The Morgan fingerprint density at radius 3 is 1.07 bits per heavy atom. The maximum absolute atomic E-state index is 11.0. The van der Waals surface area contributed by atoms with Gasteiger partial charge < -0.3 is 30.4 Å². The number of hydrogen-bond donors (Lipinski definition) is 6. The number of aromatic amines is 2. The third-order valence-corrected chi connectivity index (χ3v) is 7.89. The first kappa shape index (κ1) is 26.8. The number of benzene rings is 4. The van der Waals surface area contributed by atoms with Gasteiger partial charge in [0.15, 0.2) is 34.8 Å². The number of aromatic hydroxyl groups is 4. The molecule has 45 heavy (non-hydrogen) atoms. The summed E-state index contributed by atoms with van der Waals surface area (Å²) in [5, 5.41) is 44.4. The Balaban J connectivity index is 0.00000300. The SMILES string of the molecule is Oc1c(O)c(O)c2c3nc4nc(nc5[nH]c(nc6nc(nc([nH]3)c2c1O)-c1ccccc1-6)c1ccccc51)-c1ccccc1-4.[Au]. The van der Waals surface area contributed by atoms with Crippen molar-refractivity contribution in [3.63, 3.8) is 0 Å². The number of rotatable bonds is 0. The number of fused-ring (bicyclic) bond motifs is 20. The summed E-state index contributed by atoms with van der Waals surface area (Å²) in [5.41, 5.74) is 4.00. The maximum atomic E-state index is 11.0. The van der Waals surface area contributed by atoms with Crippen LogP contribution in [0.25, 0.3) is 89.7 Å². The zero-order valence-electron chi connectivity index (χ0n) is 22.7. The molecular weight excluding hydrogens is 757 g/mol. The van der Waals surface area contributed by atoms with Crippen LogP contribution in [0.5, 0.6) is 23.0 Å². The Kier molecular flexibility index (Phi) is 5.71. The quantitative estimate of drug-likeness (QED) is 0.0635. The molecule has 2 aliphatic heterocycles. The summed E-state index contributed by atoms with van der Waals surface area (Å²) in [7, 11) is 0. The number of phenols is 4. The van der Waals surface area contributed by atoms with E-state index in [0.717, 1.165) is 21.9 Å². The maximum Gasteiger partial charge on any atom is 0.205 e. The van der Waals surface area contributed by atoms with Gasteiger partial charge in [-0.2, -0.15) is 0 Å². The van der Waals surface area contributed by atoms with Crippen LogP contribution in [0.3, 0.4) is 0 Å². The van der Waals surface area contributed by atoms with Gasteiger partial charge in [0.2, 0.25) is 11.5 Å². The molecular formula is C32H18AuN8O4. The van der Waals surface area contributed by atoms with Gasteiger partial charge >= 0.3 is 0 Å². The number of hydrogen-bond acceptors (Lipinski definition) is 10. The molecule has 0 amide bonds. The number of aromatic nitrogens is 8. The minimum absolute atomic E-state index is 0. The molecule has 0 saturated carbocycles. The Morgan fingerprint density at radius 2 is 0.689 bits per heavy atom. The van der Waals surface area contributed by atoms with Gasteiger partial charge in [-0.15, -0.1) is 0 Å². The first-order valence-electron chi connectivity index (χ1n) is 13.6. The van der Waals surface area contributed by atoms with Gasteiger partial charge in [-0.1, -0.05) is 72.8 Å². The van der Waals surface area contributed by atoms with Gasteiger partial charge in [0.25, 0.3) is 0 Å². The van der Waals surface area contributed by atoms with Crippen LogP contribution in [-0.4, -0.2) is 60.3 Å². The van der Waals surface area contributed by atoms with E-state index in [1.165, 1.54) is 0 Å². The largest absolute Gasteiger partial charge is 0.504 e. The van der Waals surface area contributed by atoms with E-state index in [0.29, 0.717) is 34.1 Å². The second-order valence-corrected chi connectivity index (χ2v) is 10.4. The fourth-order valence-electron chi connectivity index (χ4n) is 5.84. The molecule has 7 aromatic rings.